The van der Waals surface area contributed by atoms with E-state index in [1.54, 1.807) is 0 Å². The van der Waals surface area contributed by atoms with Gasteiger partial charge in [0.25, 0.3) is 0 Å². The van der Waals surface area contributed by atoms with Gasteiger partial charge >= 0.3 is 0 Å². The van der Waals surface area contributed by atoms with Crippen LogP contribution in [-0.4, -0.2) is 37.3 Å². The standard InChI is InChI=1S/C17H23N5O2/c1-2-23-14-12-13(20-15(18)21-14)22(10-19-12)11-9-17(11)6-4-3-5-16(24-17)7-8-16/h10-11H,2-9H2,1H3,(H2,18,20,21)/t11-,17+/m1/s1. The van der Waals surface area contributed by atoms with Crippen molar-refractivity contribution in [3.8, 4) is 5.88 Å². The molecule has 2 aromatic rings. The molecule has 0 unspecified atom stereocenters. The van der Waals surface area contributed by atoms with Gasteiger partial charge < -0.3 is 19.8 Å². The fourth-order valence-corrected chi connectivity index (χ4v) is 4.27. The van der Waals surface area contributed by atoms with Gasteiger partial charge in [0.05, 0.1) is 30.2 Å². The Bertz CT molecular complexity index is 800. The van der Waals surface area contributed by atoms with E-state index >= 15 is 0 Å². The number of anilines is 1. The molecule has 2 aliphatic carbocycles. The van der Waals surface area contributed by atoms with E-state index in [0.29, 0.717) is 24.0 Å². The van der Waals surface area contributed by atoms with Gasteiger partial charge in [-0.25, -0.2) is 4.98 Å². The summed E-state index contributed by atoms with van der Waals surface area (Å²) in [5, 5.41) is 0. The van der Waals surface area contributed by atoms with Crippen molar-refractivity contribution in [2.45, 2.75) is 69.1 Å². The van der Waals surface area contributed by atoms with Crippen molar-refractivity contribution in [3.63, 3.8) is 0 Å². The maximum absolute atomic E-state index is 6.65. The van der Waals surface area contributed by atoms with Crippen LogP contribution in [0.1, 0.15) is 57.9 Å². The first-order chi connectivity index (χ1) is 11.6. The maximum Gasteiger partial charge on any atom is 0.247 e. The van der Waals surface area contributed by atoms with Crippen LogP contribution in [0.25, 0.3) is 11.2 Å². The van der Waals surface area contributed by atoms with Gasteiger partial charge in [0.15, 0.2) is 11.2 Å². The van der Waals surface area contributed by atoms with Crippen molar-refractivity contribution in [1.29, 1.82) is 0 Å². The van der Waals surface area contributed by atoms with E-state index in [4.69, 9.17) is 15.2 Å². The van der Waals surface area contributed by atoms with Crippen LogP contribution in [0.15, 0.2) is 6.33 Å². The lowest BCUT2D eigenvalue weighted by Gasteiger charge is -2.22. The van der Waals surface area contributed by atoms with Crippen molar-refractivity contribution in [2.75, 3.05) is 12.3 Å². The van der Waals surface area contributed by atoms with Gasteiger partial charge in [-0.3, -0.25) is 0 Å². The van der Waals surface area contributed by atoms with Crippen LogP contribution in [0, 0.1) is 0 Å². The highest BCUT2D eigenvalue weighted by atomic mass is 16.5. The molecular weight excluding hydrogens is 306 g/mol. The summed E-state index contributed by atoms with van der Waals surface area (Å²) in [6.45, 7) is 2.45. The second kappa shape index (κ2) is 4.81. The van der Waals surface area contributed by atoms with E-state index in [1.165, 1.54) is 32.1 Å². The van der Waals surface area contributed by atoms with Crippen LogP contribution < -0.4 is 10.5 Å². The lowest BCUT2D eigenvalue weighted by molar-refractivity contribution is -0.0513. The Morgan fingerprint density at radius 3 is 2.92 bits per heavy atom. The largest absolute Gasteiger partial charge is 0.476 e. The summed E-state index contributed by atoms with van der Waals surface area (Å²) in [5.41, 5.74) is 7.45. The fourth-order valence-electron chi connectivity index (χ4n) is 4.27. The number of nitrogen functional groups attached to an aromatic ring is 1. The predicted molar refractivity (Wildman–Crippen MR) is 88.8 cm³/mol. The van der Waals surface area contributed by atoms with E-state index in [2.05, 4.69) is 19.5 Å². The molecule has 7 nitrogen and oxygen atoms in total. The molecule has 3 heterocycles. The maximum atomic E-state index is 6.65. The van der Waals surface area contributed by atoms with E-state index in [1.807, 2.05) is 13.3 Å². The van der Waals surface area contributed by atoms with Gasteiger partial charge in [0.2, 0.25) is 11.8 Å². The molecule has 2 N–H and O–H groups in total. The summed E-state index contributed by atoms with van der Waals surface area (Å²) in [7, 11) is 0. The number of aromatic nitrogens is 4. The number of nitrogens with zero attached hydrogens (tertiary/aromatic N) is 4. The molecule has 2 atom stereocenters. The molecule has 7 heteroatoms. The quantitative estimate of drug-likeness (QED) is 0.931. The number of hydrogen-bond donors (Lipinski definition) is 1. The first-order valence-electron chi connectivity index (χ1n) is 8.98. The molecule has 128 valence electrons. The summed E-state index contributed by atoms with van der Waals surface area (Å²) in [6.07, 6.45) is 10.2. The van der Waals surface area contributed by atoms with Gasteiger partial charge in [-0.1, -0.05) is 12.8 Å². The Balaban J connectivity index is 1.52. The van der Waals surface area contributed by atoms with Crippen LogP contribution in [-0.2, 0) is 4.74 Å². The Morgan fingerprint density at radius 2 is 2.12 bits per heavy atom. The molecule has 0 aromatic carbocycles. The summed E-state index contributed by atoms with van der Waals surface area (Å²) < 4.78 is 14.3. The zero-order valence-corrected chi connectivity index (χ0v) is 14.0. The number of imidazole rings is 1. The third-order valence-corrected chi connectivity index (χ3v) is 5.72. The molecular formula is C17H23N5O2. The highest BCUT2D eigenvalue weighted by Gasteiger charge is 2.63. The Labute approximate surface area is 140 Å². The summed E-state index contributed by atoms with van der Waals surface area (Å²) in [6, 6.07) is 0.293. The summed E-state index contributed by atoms with van der Waals surface area (Å²) in [4.78, 5) is 13.1. The van der Waals surface area contributed by atoms with Crippen molar-refractivity contribution < 1.29 is 9.47 Å². The summed E-state index contributed by atoms with van der Waals surface area (Å²) >= 11 is 0. The third-order valence-electron chi connectivity index (χ3n) is 5.72. The predicted octanol–water partition coefficient (Wildman–Crippen LogP) is 2.61. The molecule has 24 heavy (non-hydrogen) atoms. The Morgan fingerprint density at radius 1 is 1.29 bits per heavy atom. The average molecular weight is 329 g/mol. The van der Waals surface area contributed by atoms with Crippen LogP contribution in [0.2, 0.25) is 0 Å². The molecule has 3 fully saturated rings. The third kappa shape index (κ3) is 2.10. The molecule has 5 rings (SSSR count). The zero-order valence-electron chi connectivity index (χ0n) is 14.0. The topological polar surface area (TPSA) is 88.1 Å². The minimum absolute atomic E-state index is 0.0356. The first-order valence-corrected chi connectivity index (χ1v) is 8.98. The van der Waals surface area contributed by atoms with Crippen LogP contribution >= 0.6 is 0 Å². The number of nitrogens with two attached hydrogens (primary N) is 1. The number of hydrogen-bond acceptors (Lipinski definition) is 6. The molecule has 2 aromatic heterocycles. The van der Waals surface area contributed by atoms with E-state index < -0.39 is 0 Å². The molecule has 1 saturated heterocycles. The van der Waals surface area contributed by atoms with Crippen molar-refractivity contribution in [2.24, 2.45) is 0 Å². The smallest absolute Gasteiger partial charge is 0.247 e. The molecule has 3 aliphatic rings. The van der Waals surface area contributed by atoms with E-state index in [0.717, 1.165) is 18.5 Å². The van der Waals surface area contributed by atoms with Crippen molar-refractivity contribution in [1.82, 2.24) is 19.5 Å². The van der Waals surface area contributed by atoms with Gasteiger partial charge in [-0.15, -0.1) is 0 Å². The van der Waals surface area contributed by atoms with E-state index in [9.17, 15) is 0 Å². The number of ether oxygens (including phenoxy) is 2. The monoisotopic (exact) mass is 329 g/mol. The fraction of sp³-hybridized carbons (Fsp3) is 0.706. The first kappa shape index (κ1) is 14.5. The lowest BCUT2D eigenvalue weighted by atomic mass is 10.1. The average Bonchev–Trinajstić information content (AvgIpc) is 3.45. The van der Waals surface area contributed by atoms with E-state index in [-0.39, 0.29) is 17.2 Å². The highest BCUT2D eigenvalue weighted by molar-refractivity contribution is 5.78. The van der Waals surface area contributed by atoms with Crippen LogP contribution in [0.4, 0.5) is 5.95 Å². The van der Waals surface area contributed by atoms with Gasteiger partial charge in [-0.05, 0) is 32.6 Å². The number of fused-ring (bicyclic) bond motifs is 1. The molecule has 0 bridgehead atoms. The molecule has 2 saturated carbocycles. The zero-order chi connectivity index (χ0) is 16.4. The van der Waals surface area contributed by atoms with Gasteiger partial charge in [0.1, 0.15) is 0 Å². The summed E-state index contributed by atoms with van der Waals surface area (Å²) in [5.74, 6) is 0.691. The second-order valence-corrected chi connectivity index (χ2v) is 7.42. The molecule has 1 aliphatic heterocycles. The second-order valence-electron chi connectivity index (χ2n) is 7.42. The van der Waals surface area contributed by atoms with Crippen LogP contribution in [0.3, 0.4) is 0 Å². The lowest BCUT2D eigenvalue weighted by Crippen LogP contribution is -2.25. The minimum atomic E-state index is -0.0356. The molecule has 0 radical (unpaired) electrons. The Hall–Kier alpha value is -1.89. The molecule has 2 spiro atoms. The Kier molecular flexibility index (Phi) is 2.90. The number of rotatable bonds is 3. The normalized spacial score (nSPS) is 30.6. The van der Waals surface area contributed by atoms with Crippen LogP contribution in [0.5, 0.6) is 5.88 Å². The highest BCUT2D eigenvalue weighted by Crippen LogP contribution is 2.62. The van der Waals surface area contributed by atoms with Gasteiger partial charge in [0, 0.05) is 6.42 Å². The van der Waals surface area contributed by atoms with Crippen molar-refractivity contribution in [3.05, 3.63) is 6.33 Å². The van der Waals surface area contributed by atoms with Crippen molar-refractivity contribution >= 4 is 17.1 Å². The molecule has 0 amide bonds. The van der Waals surface area contributed by atoms with Gasteiger partial charge in [-0.2, -0.15) is 9.97 Å². The minimum Gasteiger partial charge on any atom is -0.476 e. The SMILES string of the molecule is CCOc1nc(N)nc2c1ncn2[C@@H]1C[C@@]12CCCCC1(CC1)O2.